The quantitative estimate of drug-likeness (QED) is 0.396. The monoisotopic (exact) mass is 447 g/mol. The molecular formula is C28H25N5O. The Morgan fingerprint density at radius 3 is 2.79 bits per heavy atom. The van der Waals surface area contributed by atoms with Gasteiger partial charge >= 0.3 is 0 Å². The molecule has 34 heavy (non-hydrogen) atoms. The van der Waals surface area contributed by atoms with Gasteiger partial charge in [0.25, 0.3) is 0 Å². The largest absolute Gasteiger partial charge is 0.340 e. The van der Waals surface area contributed by atoms with Crippen molar-refractivity contribution >= 4 is 28.3 Å². The van der Waals surface area contributed by atoms with Gasteiger partial charge in [0, 0.05) is 42.1 Å². The molecule has 0 atom stereocenters. The van der Waals surface area contributed by atoms with Crippen LogP contribution in [-0.2, 0) is 17.8 Å². The van der Waals surface area contributed by atoms with E-state index in [0.29, 0.717) is 24.7 Å². The standard InChI is InChI=1S/C28H25N5O/c1-2-20-5-3-7-24(13-20)32-28-25-14-22(10-11-26(25)30-19-31-28)15-27(34)33(17-21-8-9-21)18-23-6-4-12-29-16-23/h1,3-7,10-14,16,19,21H,8-9,15,17-18H2,(H,30,31,32). The van der Waals surface area contributed by atoms with E-state index >= 15 is 0 Å². The zero-order valence-corrected chi connectivity index (χ0v) is 18.8. The van der Waals surface area contributed by atoms with Gasteiger partial charge in [-0.15, -0.1) is 6.42 Å². The van der Waals surface area contributed by atoms with Crippen LogP contribution in [0.2, 0.25) is 0 Å². The first-order valence-electron chi connectivity index (χ1n) is 11.4. The number of pyridine rings is 1. The van der Waals surface area contributed by atoms with Crippen LogP contribution in [0.1, 0.15) is 29.5 Å². The Morgan fingerprint density at radius 1 is 1.09 bits per heavy atom. The van der Waals surface area contributed by atoms with Crippen molar-refractivity contribution in [3.63, 3.8) is 0 Å². The summed E-state index contributed by atoms with van der Waals surface area (Å²) in [5.74, 6) is 4.05. The number of rotatable bonds is 8. The van der Waals surface area contributed by atoms with E-state index in [-0.39, 0.29) is 5.91 Å². The second-order valence-corrected chi connectivity index (χ2v) is 8.68. The second-order valence-electron chi connectivity index (χ2n) is 8.68. The maximum absolute atomic E-state index is 13.3. The van der Waals surface area contributed by atoms with Gasteiger partial charge in [0.05, 0.1) is 11.9 Å². The van der Waals surface area contributed by atoms with Crippen molar-refractivity contribution in [3.8, 4) is 12.3 Å². The van der Waals surface area contributed by atoms with Gasteiger partial charge < -0.3 is 10.2 Å². The van der Waals surface area contributed by atoms with Crippen molar-refractivity contribution in [1.29, 1.82) is 0 Å². The van der Waals surface area contributed by atoms with E-state index in [4.69, 9.17) is 6.42 Å². The van der Waals surface area contributed by atoms with Crippen molar-refractivity contribution in [2.75, 3.05) is 11.9 Å². The minimum Gasteiger partial charge on any atom is -0.340 e. The summed E-state index contributed by atoms with van der Waals surface area (Å²) in [5.41, 5.74) is 4.43. The summed E-state index contributed by atoms with van der Waals surface area (Å²) in [7, 11) is 0. The van der Waals surface area contributed by atoms with Gasteiger partial charge in [-0.3, -0.25) is 9.78 Å². The molecule has 1 saturated carbocycles. The fourth-order valence-corrected chi connectivity index (χ4v) is 4.00. The Morgan fingerprint density at radius 2 is 2.00 bits per heavy atom. The molecule has 0 bridgehead atoms. The highest BCUT2D eigenvalue weighted by Gasteiger charge is 2.27. The summed E-state index contributed by atoms with van der Waals surface area (Å²) in [6, 6.07) is 17.5. The van der Waals surface area contributed by atoms with Crippen molar-refractivity contribution in [1.82, 2.24) is 19.9 Å². The predicted molar refractivity (Wildman–Crippen MR) is 133 cm³/mol. The maximum atomic E-state index is 13.3. The Kier molecular flexibility index (Phi) is 6.17. The van der Waals surface area contributed by atoms with Crippen LogP contribution in [0.4, 0.5) is 11.5 Å². The molecule has 1 amide bonds. The molecule has 0 spiro atoms. The van der Waals surface area contributed by atoms with E-state index in [2.05, 4.69) is 26.2 Å². The normalized spacial score (nSPS) is 12.8. The molecule has 168 valence electrons. The van der Waals surface area contributed by atoms with Crippen LogP contribution in [-0.4, -0.2) is 32.3 Å². The number of terminal acetylenes is 1. The number of amides is 1. The lowest BCUT2D eigenvalue weighted by Gasteiger charge is -2.23. The van der Waals surface area contributed by atoms with Crippen LogP contribution in [0.5, 0.6) is 0 Å². The summed E-state index contributed by atoms with van der Waals surface area (Å²) >= 11 is 0. The van der Waals surface area contributed by atoms with E-state index in [9.17, 15) is 4.79 Å². The first-order chi connectivity index (χ1) is 16.7. The van der Waals surface area contributed by atoms with Gasteiger partial charge in [0.1, 0.15) is 12.1 Å². The molecule has 2 heterocycles. The molecule has 5 rings (SSSR count). The van der Waals surface area contributed by atoms with Crippen molar-refractivity contribution in [3.05, 3.63) is 90.0 Å². The van der Waals surface area contributed by atoms with Gasteiger partial charge in [-0.2, -0.15) is 0 Å². The van der Waals surface area contributed by atoms with Crippen LogP contribution in [0.15, 0.2) is 73.3 Å². The lowest BCUT2D eigenvalue weighted by Crippen LogP contribution is -2.33. The smallest absolute Gasteiger partial charge is 0.227 e. The van der Waals surface area contributed by atoms with E-state index < -0.39 is 0 Å². The highest BCUT2D eigenvalue weighted by molar-refractivity contribution is 5.92. The lowest BCUT2D eigenvalue weighted by molar-refractivity contribution is -0.131. The molecule has 0 aliphatic heterocycles. The van der Waals surface area contributed by atoms with Crippen molar-refractivity contribution in [2.45, 2.75) is 25.8 Å². The number of nitrogens with zero attached hydrogens (tertiary/aromatic N) is 4. The highest BCUT2D eigenvalue weighted by Crippen LogP contribution is 2.31. The summed E-state index contributed by atoms with van der Waals surface area (Å²) in [4.78, 5) is 28.3. The zero-order chi connectivity index (χ0) is 23.3. The minimum atomic E-state index is 0.114. The van der Waals surface area contributed by atoms with Crippen LogP contribution >= 0.6 is 0 Å². The van der Waals surface area contributed by atoms with Crippen molar-refractivity contribution in [2.24, 2.45) is 5.92 Å². The molecular weight excluding hydrogens is 422 g/mol. The van der Waals surface area contributed by atoms with Crippen LogP contribution in [0.25, 0.3) is 10.9 Å². The number of hydrogen-bond acceptors (Lipinski definition) is 5. The van der Waals surface area contributed by atoms with E-state index in [1.54, 1.807) is 6.20 Å². The highest BCUT2D eigenvalue weighted by atomic mass is 16.2. The van der Waals surface area contributed by atoms with E-state index in [0.717, 1.165) is 39.8 Å². The summed E-state index contributed by atoms with van der Waals surface area (Å²) in [6.45, 7) is 1.38. The SMILES string of the molecule is C#Cc1cccc(Nc2ncnc3ccc(CC(=O)N(Cc4cccnc4)CC4CC4)cc23)c1. The minimum absolute atomic E-state index is 0.114. The third-order valence-electron chi connectivity index (χ3n) is 5.97. The number of carbonyl (C=O) groups excluding carboxylic acids is 1. The third-order valence-corrected chi connectivity index (χ3v) is 5.97. The average molecular weight is 448 g/mol. The lowest BCUT2D eigenvalue weighted by atomic mass is 10.1. The van der Waals surface area contributed by atoms with Crippen LogP contribution < -0.4 is 5.32 Å². The predicted octanol–water partition coefficient (Wildman–Crippen LogP) is 4.73. The number of carbonyl (C=O) groups is 1. The molecule has 1 N–H and O–H groups in total. The van der Waals surface area contributed by atoms with Gasteiger partial charge in [-0.1, -0.05) is 24.1 Å². The molecule has 2 aromatic carbocycles. The fourth-order valence-electron chi connectivity index (χ4n) is 4.00. The molecule has 2 aromatic heterocycles. The number of aromatic nitrogens is 3. The Hall–Kier alpha value is -4.24. The Balaban J connectivity index is 1.38. The van der Waals surface area contributed by atoms with Crippen molar-refractivity contribution < 1.29 is 4.79 Å². The second kappa shape index (κ2) is 9.72. The number of anilines is 2. The fraction of sp³-hybridized carbons (Fsp3) is 0.214. The summed E-state index contributed by atoms with van der Waals surface area (Å²) < 4.78 is 0. The first-order valence-corrected chi connectivity index (χ1v) is 11.4. The molecule has 6 nitrogen and oxygen atoms in total. The van der Waals surface area contributed by atoms with E-state index in [1.807, 2.05) is 65.7 Å². The number of nitrogens with one attached hydrogen (secondary N) is 1. The van der Waals surface area contributed by atoms with Gasteiger partial charge in [0.2, 0.25) is 5.91 Å². The summed E-state index contributed by atoms with van der Waals surface area (Å²) in [6.07, 6.45) is 13.4. The molecule has 0 saturated heterocycles. The molecule has 1 aliphatic carbocycles. The first kappa shape index (κ1) is 21.6. The number of hydrogen-bond donors (Lipinski definition) is 1. The van der Waals surface area contributed by atoms with Gasteiger partial charge in [-0.05, 0) is 66.3 Å². The zero-order valence-electron chi connectivity index (χ0n) is 18.8. The van der Waals surface area contributed by atoms with Crippen LogP contribution in [0, 0.1) is 18.3 Å². The molecule has 6 heteroatoms. The summed E-state index contributed by atoms with van der Waals surface area (Å²) in [5, 5.41) is 4.20. The number of fused-ring (bicyclic) bond motifs is 1. The van der Waals surface area contributed by atoms with Gasteiger partial charge in [0.15, 0.2) is 0 Å². The number of benzene rings is 2. The molecule has 0 radical (unpaired) electrons. The molecule has 0 unspecified atom stereocenters. The van der Waals surface area contributed by atoms with E-state index in [1.165, 1.54) is 19.2 Å². The Bertz CT molecular complexity index is 1360. The third kappa shape index (κ3) is 5.21. The Labute approximate surface area is 199 Å². The molecule has 1 fully saturated rings. The molecule has 1 aliphatic rings. The topological polar surface area (TPSA) is 71.0 Å². The average Bonchev–Trinajstić information content (AvgIpc) is 3.69. The molecule has 4 aromatic rings. The maximum Gasteiger partial charge on any atom is 0.227 e. The van der Waals surface area contributed by atoms with Gasteiger partial charge in [-0.25, -0.2) is 9.97 Å². The van der Waals surface area contributed by atoms with Crippen LogP contribution in [0.3, 0.4) is 0 Å².